The molecule has 2 aromatic rings. The van der Waals surface area contributed by atoms with E-state index in [4.69, 9.17) is 10.6 Å². The molecule has 0 aromatic heterocycles. The average Bonchev–Trinajstić information content (AvgIpc) is 2.70. The lowest BCUT2D eigenvalue weighted by atomic mass is 10.1. The van der Waals surface area contributed by atoms with E-state index in [9.17, 15) is 22.4 Å². The lowest BCUT2D eigenvalue weighted by molar-refractivity contribution is -0.137. The van der Waals surface area contributed by atoms with Crippen molar-refractivity contribution in [2.75, 3.05) is 6.54 Å². The third-order valence-corrected chi connectivity index (χ3v) is 5.31. The van der Waals surface area contributed by atoms with Gasteiger partial charge in [-0.15, -0.1) is 0 Å². The first kappa shape index (κ1) is 22.8. The topological polar surface area (TPSA) is 161 Å². The number of sulfonamides is 1. The summed E-state index contributed by atoms with van der Waals surface area (Å²) >= 11 is 0. The molecule has 1 atom stereocenters. The number of carbonyl (C=O) groups excluding carboxylic acids is 1. The summed E-state index contributed by atoms with van der Waals surface area (Å²) in [5.41, 5.74) is 9.11. The number of halogens is 1. The van der Waals surface area contributed by atoms with Crippen LogP contribution < -0.4 is 10.0 Å². The Hall–Kier alpha value is -3.47. The molecule has 3 N–H and O–H groups in total. The number of nitrogens with one attached hydrogen (secondary N) is 2. The average molecular weight is 435 g/mol. The number of azide groups is 1. The van der Waals surface area contributed by atoms with E-state index in [0.29, 0.717) is 5.56 Å². The number of benzene rings is 2. The van der Waals surface area contributed by atoms with E-state index in [1.54, 1.807) is 0 Å². The number of hydrogen-bond donors (Lipinski definition) is 3. The smallest absolute Gasteiger partial charge is 0.305 e. The molecular formula is C18H18FN5O5S. The quantitative estimate of drug-likeness (QED) is 0.296. The largest absolute Gasteiger partial charge is 0.481 e. The number of carboxylic acids is 1. The van der Waals surface area contributed by atoms with Crippen LogP contribution in [0.15, 0.2) is 58.5 Å². The Labute approximate surface area is 171 Å². The van der Waals surface area contributed by atoms with Crippen LogP contribution in [-0.4, -0.2) is 38.0 Å². The van der Waals surface area contributed by atoms with Crippen molar-refractivity contribution in [3.8, 4) is 0 Å². The van der Waals surface area contributed by atoms with Crippen LogP contribution in [0.1, 0.15) is 22.3 Å². The predicted molar refractivity (Wildman–Crippen MR) is 104 cm³/mol. The van der Waals surface area contributed by atoms with Gasteiger partial charge in [-0.3, -0.25) is 9.59 Å². The minimum absolute atomic E-state index is 0.0841. The Kier molecular flexibility index (Phi) is 7.87. The van der Waals surface area contributed by atoms with E-state index in [2.05, 4.69) is 20.1 Å². The summed E-state index contributed by atoms with van der Waals surface area (Å²) in [5.74, 6) is -2.40. The fourth-order valence-corrected chi connectivity index (χ4v) is 3.49. The maximum Gasteiger partial charge on any atom is 0.305 e. The van der Waals surface area contributed by atoms with Crippen LogP contribution in [0.25, 0.3) is 10.4 Å². The van der Waals surface area contributed by atoms with Gasteiger partial charge in [0.05, 0.1) is 11.3 Å². The highest BCUT2D eigenvalue weighted by molar-refractivity contribution is 7.89. The summed E-state index contributed by atoms with van der Waals surface area (Å²) in [5, 5.41) is 14.6. The highest BCUT2D eigenvalue weighted by Crippen LogP contribution is 2.12. The van der Waals surface area contributed by atoms with Crippen LogP contribution in [-0.2, 0) is 21.4 Å². The van der Waals surface area contributed by atoms with Gasteiger partial charge in [0.1, 0.15) is 5.82 Å². The molecule has 2 aromatic carbocycles. The van der Waals surface area contributed by atoms with Gasteiger partial charge in [0.25, 0.3) is 5.91 Å². The van der Waals surface area contributed by atoms with Crippen molar-refractivity contribution in [2.24, 2.45) is 5.11 Å². The zero-order valence-corrected chi connectivity index (χ0v) is 16.3. The second-order valence-corrected chi connectivity index (χ2v) is 7.93. The lowest BCUT2D eigenvalue weighted by Gasteiger charge is -2.14. The molecule has 0 fully saturated rings. The van der Waals surface area contributed by atoms with Gasteiger partial charge in [-0.05, 0) is 41.4 Å². The molecule has 12 heteroatoms. The van der Waals surface area contributed by atoms with Crippen LogP contribution in [0.4, 0.5) is 4.39 Å². The van der Waals surface area contributed by atoms with Crippen LogP contribution in [0, 0.1) is 5.82 Å². The van der Waals surface area contributed by atoms with E-state index >= 15 is 0 Å². The standard InChI is InChI=1S/C18H18FN5O5S/c19-14-2-1-3-16(8-14)30(28,29)22-10-12-4-6-13(7-5-12)18(27)23-15(9-17(25)26)11-21-24-20/h1-8,15,22H,9-11H2,(H,23,27)(H,25,26)/t15-/m0/s1. The monoisotopic (exact) mass is 435 g/mol. The normalized spacial score (nSPS) is 11.9. The molecule has 158 valence electrons. The first-order valence-electron chi connectivity index (χ1n) is 8.59. The molecule has 0 aliphatic rings. The van der Waals surface area contributed by atoms with Crippen molar-refractivity contribution < 1.29 is 27.5 Å². The highest BCUT2D eigenvalue weighted by atomic mass is 32.2. The maximum absolute atomic E-state index is 13.2. The summed E-state index contributed by atoms with van der Waals surface area (Å²) < 4.78 is 40.0. The summed E-state index contributed by atoms with van der Waals surface area (Å²) in [4.78, 5) is 25.4. The van der Waals surface area contributed by atoms with Crippen LogP contribution in [0.5, 0.6) is 0 Å². The number of carboxylic acid groups (broad SMARTS) is 1. The summed E-state index contributed by atoms with van der Waals surface area (Å²) in [6.07, 6.45) is -0.412. The molecule has 0 spiro atoms. The number of hydrogen-bond acceptors (Lipinski definition) is 5. The zero-order valence-electron chi connectivity index (χ0n) is 15.5. The molecule has 0 unspecified atom stereocenters. The van der Waals surface area contributed by atoms with E-state index in [1.807, 2.05) is 0 Å². The van der Waals surface area contributed by atoms with Gasteiger partial charge in [-0.25, -0.2) is 17.5 Å². The van der Waals surface area contributed by atoms with Crippen LogP contribution in [0.3, 0.4) is 0 Å². The molecule has 30 heavy (non-hydrogen) atoms. The number of rotatable bonds is 10. The number of carbonyl (C=O) groups is 2. The van der Waals surface area contributed by atoms with Gasteiger partial charge in [0.15, 0.2) is 0 Å². The highest BCUT2D eigenvalue weighted by Gasteiger charge is 2.17. The molecule has 0 saturated heterocycles. The molecular weight excluding hydrogens is 417 g/mol. The zero-order chi connectivity index (χ0) is 22.1. The second-order valence-electron chi connectivity index (χ2n) is 6.16. The van der Waals surface area contributed by atoms with Crippen molar-refractivity contribution in [1.82, 2.24) is 10.0 Å². The van der Waals surface area contributed by atoms with E-state index < -0.39 is 40.2 Å². The Balaban J connectivity index is 2.00. The van der Waals surface area contributed by atoms with Crippen molar-refractivity contribution >= 4 is 21.9 Å². The SMILES string of the molecule is [N-]=[N+]=NC[C@H](CC(=O)O)NC(=O)c1ccc(CNS(=O)(=O)c2cccc(F)c2)cc1. The number of nitrogens with zero attached hydrogens (tertiary/aromatic N) is 3. The van der Waals surface area contributed by atoms with Crippen LogP contribution >= 0.6 is 0 Å². The summed E-state index contributed by atoms with van der Waals surface area (Å²) in [7, 11) is -3.91. The van der Waals surface area contributed by atoms with Gasteiger partial charge < -0.3 is 10.4 Å². The Morgan fingerprint density at radius 2 is 1.90 bits per heavy atom. The first-order valence-corrected chi connectivity index (χ1v) is 10.1. The van der Waals surface area contributed by atoms with Crippen molar-refractivity contribution in [3.63, 3.8) is 0 Å². The fraction of sp³-hybridized carbons (Fsp3) is 0.222. The molecule has 0 aliphatic carbocycles. The molecule has 0 saturated carbocycles. The van der Waals surface area contributed by atoms with E-state index in [1.165, 1.54) is 36.4 Å². The Bertz CT molecular complexity index is 1060. The van der Waals surface area contributed by atoms with Gasteiger partial charge in [0.2, 0.25) is 10.0 Å². The van der Waals surface area contributed by atoms with E-state index in [-0.39, 0.29) is 23.5 Å². The van der Waals surface area contributed by atoms with Crippen molar-refractivity contribution in [1.29, 1.82) is 0 Å². The van der Waals surface area contributed by atoms with Gasteiger partial charge in [-0.2, -0.15) is 0 Å². The molecule has 10 nitrogen and oxygen atoms in total. The van der Waals surface area contributed by atoms with Crippen molar-refractivity contribution in [3.05, 3.63) is 75.9 Å². The summed E-state index contributed by atoms with van der Waals surface area (Å²) in [6.45, 7) is -0.298. The second kappa shape index (κ2) is 10.3. The summed E-state index contributed by atoms with van der Waals surface area (Å²) in [6, 6.07) is 9.63. The first-order chi connectivity index (χ1) is 14.2. The maximum atomic E-state index is 13.2. The minimum atomic E-state index is -3.91. The Morgan fingerprint density at radius 1 is 1.20 bits per heavy atom. The van der Waals surface area contributed by atoms with Gasteiger partial charge in [0, 0.05) is 29.6 Å². The third-order valence-electron chi connectivity index (χ3n) is 3.91. The lowest BCUT2D eigenvalue weighted by Crippen LogP contribution is -2.38. The fourth-order valence-electron chi connectivity index (χ4n) is 2.45. The molecule has 2 rings (SSSR count). The molecule has 0 heterocycles. The minimum Gasteiger partial charge on any atom is -0.481 e. The molecule has 0 bridgehead atoms. The van der Waals surface area contributed by atoms with E-state index in [0.717, 1.165) is 12.1 Å². The number of aliphatic carboxylic acids is 1. The van der Waals surface area contributed by atoms with Crippen LogP contribution in [0.2, 0.25) is 0 Å². The Morgan fingerprint density at radius 3 is 2.50 bits per heavy atom. The third kappa shape index (κ3) is 6.85. The van der Waals surface area contributed by atoms with Gasteiger partial charge >= 0.3 is 5.97 Å². The molecule has 1 amide bonds. The van der Waals surface area contributed by atoms with Crippen molar-refractivity contribution in [2.45, 2.75) is 23.9 Å². The van der Waals surface area contributed by atoms with Gasteiger partial charge in [-0.1, -0.05) is 23.3 Å². The number of amides is 1. The molecule has 0 radical (unpaired) electrons. The predicted octanol–water partition coefficient (Wildman–Crippen LogP) is 2.19. The molecule has 0 aliphatic heterocycles.